The quantitative estimate of drug-likeness (QED) is 0.384. The van der Waals surface area contributed by atoms with Crippen molar-refractivity contribution < 1.29 is 4.74 Å². The standard InChI is InChI=1S/C33H42N6O/c1-24-17-36-32-7-6-28(29-14-26(18-34-20-29)22-39-10-12-40-13-11-39)16-31(32)33(24)25(2)37-30-15-27(19-35-21-30)23-38-8-4-3-5-9-38/h6-7,14-16,18-21,25,36-37H,3-5,8-13,17,22-23H2,1-2H3. The summed E-state index contributed by atoms with van der Waals surface area (Å²) < 4.78 is 5.52. The number of piperidine rings is 1. The molecular weight excluding hydrogens is 496 g/mol. The van der Waals surface area contributed by atoms with Gasteiger partial charge in [0.2, 0.25) is 0 Å². The molecule has 3 aliphatic rings. The highest BCUT2D eigenvalue weighted by Crippen LogP contribution is 2.37. The number of hydrogen-bond acceptors (Lipinski definition) is 7. The van der Waals surface area contributed by atoms with Crippen molar-refractivity contribution in [3.8, 4) is 11.1 Å². The van der Waals surface area contributed by atoms with Crippen LogP contribution in [0.4, 0.5) is 11.4 Å². The predicted octanol–water partition coefficient (Wildman–Crippen LogP) is 5.66. The van der Waals surface area contributed by atoms with Gasteiger partial charge in [-0.25, -0.2) is 0 Å². The Morgan fingerprint density at radius 1 is 0.850 bits per heavy atom. The molecule has 1 atom stereocenters. The van der Waals surface area contributed by atoms with Gasteiger partial charge >= 0.3 is 0 Å². The number of hydrogen-bond donors (Lipinski definition) is 2. The summed E-state index contributed by atoms with van der Waals surface area (Å²) in [6.45, 7) is 13.2. The Morgan fingerprint density at radius 3 is 2.38 bits per heavy atom. The van der Waals surface area contributed by atoms with Gasteiger partial charge in [0.25, 0.3) is 0 Å². The molecule has 6 rings (SSSR count). The zero-order valence-electron chi connectivity index (χ0n) is 24.0. The van der Waals surface area contributed by atoms with Gasteiger partial charge in [0.1, 0.15) is 0 Å². The first-order valence-corrected chi connectivity index (χ1v) is 14.9. The molecule has 3 aliphatic heterocycles. The maximum atomic E-state index is 5.52. The van der Waals surface area contributed by atoms with Gasteiger partial charge in [-0.05, 0) is 91.9 Å². The van der Waals surface area contributed by atoms with Crippen LogP contribution in [0.2, 0.25) is 0 Å². The Labute approximate surface area is 238 Å². The lowest BCUT2D eigenvalue weighted by Gasteiger charge is -2.29. The number of benzene rings is 1. The lowest BCUT2D eigenvalue weighted by molar-refractivity contribution is 0.0341. The summed E-state index contributed by atoms with van der Waals surface area (Å²) >= 11 is 0. The molecule has 5 heterocycles. The van der Waals surface area contributed by atoms with Crippen molar-refractivity contribution >= 4 is 16.9 Å². The van der Waals surface area contributed by atoms with Gasteiger partial charge in [0.15, 0.2) is 0 Å². The van der Waals surface area contributed by atoms with E-state index >= 15 is 0 Å². The van der Waals surface area contributed by atoms with E-state index in [2.05, 4.69) is 74.6 Å². The van der Waals surface area contributed by atoms with E-state index in [1.807, 2.05) is 24.8 Å². The number of fused-ring (bicyclic) bond motifs is 1. The Bertz CT molecular complexity index is 1340. The van der Waals surface area contributed by atoms with Gasteiger partial charge in [-0.15, -0.1) is 0 Å². The fourth-order valence-corrected chi connectivity index (χ4v) is 6.36. The monoisotopic (exact) mass is 538 g/mol. The van der Waals surface area contributed by atoms with Crippen LogP contribution >= 0.6 is 0 Å². The molecule has 1 aromatic carbocycles. The zero-order valence-corrected chi connectivity index (χ0v) is 24.0. The van der Waals surface area contributed by atoms with E-state index in [1.165, 1.54) is 71.4 Å². The summed E-state index contributed by atoms with van der Waals surface area (Å²) in [7, 11) is 0. The predicted molar refractivity (Wildman–Crippen MR) is 163 cm³/mol. The fourth-order valence-electron chi connectivity index (χ4n) is 6.36. The summed E-state index contributed by atoms with van der Waals surface area (Å²) in [5.74, 6) is 0. The number of likely N-dealkylation sites (tertiary alicyclic amines) is 1. The number of pyridine rings is 2. The average molecular weight is 539 g/mol. The molecule has 0 aliphatic carbocycles. The molecule has 1 unspecified atom stereocenters. The van der Waals surface area contributed by atoms with Crippen molar-refractivity contribution in [3.05, 3.63) is 77.4 Å². The van der Waals surface area contributed by atoms with Gasteiger partial charge in [-0.2, -0.15) is 0 Å². The number of anilines is 2. The van der Waals surface area contributed by atoms with Gasteiger partial charge in [-0.1, -0.05) is 12.5 Å². The first-order chi connectivity index (χ1) is 19.6. The van der Waals surface area contributed by atoms with Crippen molar-refractivity contribution in [2.24, 2.45) is 0 Å². The molecular formula is C33H42N6O. The topological polar surface area (TPSA) is 65.6 Å². The minimum Gasteiger partial charge on any atom is -0.381 e. The van der Waals surface area contributed by atoms with E-state index in [1.54, 1.807) is 0 Å². The lowest BCUT2D eigenvalue weighted by atomic mass is 9.88. The minimum atomic E-state index is 0.147. The molecule has 0 amide bonds. The highest BCUT2D eigenvalue weighted by molar-refractivity contribution is 5.87. The third-order valence-electron chi connectivity index (χ3n) is 8.42. The number of rotatable bonds is 8. The normalized spacial score (nSPS) is 19.1. The zero-order chi connectivity index (χ0) is 27.3. The van der Waals surface area contributed by atoms with Crippen LogP contribution in [0.1, 0.15) is 49.8 Å². The largest absolute Gasteiger partial charge is 0.381 e. The Kier molecular flexibility index (Phi) is 8.42. The molecule has 2 N–H and O–H groups in total. The van der Waals surface area contributed by atoms with Crippen LogP contribution in [0.3, 0.4) is 0 Å². The Balaban J connectivity index is 1.21. The Hall–Kier alpha value is -3.26. The van der Waals surface area contributed by atoms with Crippen LogP contribution < -0.4 is 10.6 Å². The first kappa shape index (κ1) is 26.9. The highest BCUT2D eigenvalue weighted by atomic mass is 16.5. The number of aromatic nitrogens is 2. The lowest BCUT2D eigenvalue weighted by Crippen LogP contribution is -2.35. The van der Waals surface area contributed by atoms with Gasteiger partial charge < -0.3 is 15.4 Å². The molecule has 0 saturated carbocycles. The SMILES string of the molecule is CC1=C(C(C)Nc2cncc(CN3CCCCC3)c2)c2cc(-c3cncc(CN4CCOCC4)c3)ccc2NC1. The third kappa shape index (κ3) is 6.38. The van der Waals surface area contributed by atoms with E-state index in [-0.39, 0.29) is 6.04 Å². The Morgan fingerprint density at radius 2 is 1.57 bits per heavy atom. The van der Waals surface area contributed by atoms with Crippen molar-refractivity contribution in [2.45, 2.75) is 52.2 Å². The second kappa shape index (κ2) is 12.5. The van der Waals surface area contributed by atoms with E-state index in [0.29, 0.717) is 0 Å². The van der Waals surface area contributed by atoms with E-state index in [4.69, 9.17) is 4.74 Å². The second-order valence-electron chi connectivity index (χ2n) is 11.6. The summed E-state index contributed by atoms with van der Waals surface area (Å²) in [5, 5.41) is 7.40. The third-order valence-corrected chi connectivity index (χ3v) is 8.42. The van der Waals surface area contributed by atoms with Gasteiger partial charge in [0, 0.05) is 80.4 Å². The molecule has 2 saturated heterocycles. The average Bonchev–Trinajstić information content (AvgIpc) is 2.98. The number of nitrogens with zero attached hydrogens (tertiary/aromatic N) is 4. The van der Waals surface area contributed by atoms with E-state index in [9.17, 15) is 0 Å². The first-order valence-electron chi connectivity index (χ1n) is 14.9. The maximum Gasteiger partial charge on any atom is 0.0594 e. The number of morpholine rings is 1. The van der Waals surface area contributed by atoms with Crippen molar-refractivity contribution in [1.82, 2.24) is 19.8 Å². The molecule has 0 spiro atoms. The van der Waals surface area contributed by atoms with Gasteiger partial charge in [-0.3, -0.25) is 19.8 Å². The molecule has 0 radical (unpaired) electrons. The van der Waals surface area contributed by atoms with Crippen LogP contribution in [0.5, 0.6) is 0 Å². The summed E-state index contributed by atoms with van der Waals surface area (Å²) in [5.41, 5.74) is 11.1. The summed E-state index contributed by atoms with van der Waals surface area (Å²) in [6.07, 6.45) is 11.9. The van der Waals surface area contributed by atoms with Crippen LogP contribution in [0.15, 0.2) is 60.7 Å². The molecule has 2 fully saturated rings. The highest BCUT2D eigenvalue weighted by Gasteiger charge is 2.22. The smallest absolute Gasteiger partial charge is 0.0594 e. The van der Waals surface area contributed by atoms with Crippen LogP contribution in [0, 0.1) is 0 Å². The van der Waals surface area contributed by atoms with Crippen LogP contribution in [-0.4, -0.2) is 71.7 Å². The summed E-state index contributed by atoms with van der Waals surface area (Å²) in [6, 6.07) is 11.5. The van der Waals surface area contributed by atoms with E-state index < -0.39 is 0 Å². The second-order valence-corrected chi connectivity index (χ2v) is 11.6. The van der Waals surface area contributed by atoms with Crippen LogP contribution in [-0.2, 0) is 17.8 Å². The molecule has 0 bridgehead atoms. The van der Waals surface area contributed by atoms with E-state index in [0.717, 1.165) is 57.2 Å². The molecule has 7 heteroatoms. The van der Waals surface area contributed by atoms with Crippen LogP contribution in [0.25, 0.3) is 16.7 Å². The molecule has 3 aromatic rings. The fraction of sp³-hybridized carbons (Fsp3) is 0.455. The number of nitrogens with one attached hydrogen (secondary N) is 2. The number of ether oxygens (including phenoxy) is 1. The molecule has 7 nitrogen and oxygen atoms in total. The molecule has 40 heavy (non-hydrogen) atoms. The molecule has 210 valence electrons. The minimum absolute atomic E-state index is 0.147. The van der Waals surface area contributed by atoms with Crippen molar-refractivity contribution in [2.75, 3.05) is 56.6 Å². The summed E-state index contributed by atoms with van der Waals surface area (Å²) in [4.78, 5) is 14.2. The van der Waals surface area contributed by atoms with Gasteiger partial charge in [0.05, 0.1) is 18.9 Å². The molecule has 2 aromatic heterocycles. The van der Waals surface area contributed by atoms with Crippen molar-refractivity contribution in [1.29, 1.82) is 0 Å². The van der Waals surface area contributed by atoms with Crippen molar-refractivity contribution in [3.63, 3.8) is 0 Å². The maximum absolute atomic E-state index is 5.52.